The summed E-state index contributed by atoms with van der Waals surface area (Å²) in [6.07, 6.45) is 1.56. The Morgan fingerprint density at radius 3 is 2.74 bits per heavy atom. The molecule has 0 spiro atoms. The Labute approximate surface area is 136 Å². The summed E-state index contributed by atoms with van der Waals surface area (Å²) < 4.78 is 15.6. The third kappa shape index (κ3) is 3.07. The summed E-state index contributed by atoms with van der Waals surface area (Å²) in [5.74, 6) is -0.641. The third-order valence-corrected chi connectivity index (χ3v) is 3.54. The second kappa shape index (κ2) is 6.18. The van der Waals surface area contributed by atoms with Crippen molar-refractivity contribution >= 4 is 23.2 Å². The summed E-state index contributed by atoms with van der Waals surface area (Å²) in [6.45, 7) is 0. The lowest BCUT2D eigenvalue weighted by Crippen LogP contribution is -2.14. The molecule has 3 aromatic rings. The average Bonchev–Trinajstić information content (AvgIpc) is 2.93. The first-order chi connectivity index (χ1) is 11.1. The van der Waals surface area contributed by atoms with Crippen LogP contribution in [0.25, 0.3) is 11.4 Å². The van der Waals surface area contributed by atoms with Crippen LogP contribution in [0.3, 0.4) is 0 Å². The molecule has 0 saturated heterocycles. The lowest BCUT2D eigenvalue weighted by atomic mass is 10.1. The normalized spacial score (nSPS) is 10.6. The van der Waals surface area contributed by atoms with E-state index >= 15 is 0 Å². The van der Waals surface area contributed by atoms with Crippen LogP contribution in [0.5, 0.6) is 0 Å². The Bertz CT molecular complexity index is 878. The number of hydrogen-bond acceptors (Lipinski definition) is 3. The predicted octanol–water partition coefficient (Wildman–Crippen LogP) is 3.53. The number of carbonyl (C=O) groups excluding carboxylic acids is 1. The number of halogens is 2. The quantitative estimate of drug-likeness (QED) is 0.799. The van der Waals surface area contributed by atoms with Gasteiger partial charge in [-0.1, -0.05) is 23.7 Å². The highest BCUT2D eigenvalue weighted by atomic mass is 35.5. The van der Waals surface area contributed by atoms with Gasteiger partial charge in [0, 0.05) is 17.6 Å². The maximum atomic E-state index is 13.9. The molecule has 0 aliphatic heterocycles. The van der Waals surface area contributed by atoms with Crippen molar-refractivity contribution in [3.8, 4) is 11.4 Å². The smallest absolute Gasteiger partial charge is 0.258 e. The summed E-state index contributed by atoms with van der Waals surface area (Å²) in [6, 6.07) is 11.0. The van der Waals surface area contributed by atoms with E-state index < -0.39 is 11.7 Å². The maximum absolute atomic E-state index is 13.9. The molecule has 0 unspecified atom stereocenters. The van der Waals surface area contributed by atoms with Gasteiger partial charge in [0.2, 0.25) is 0 Å². The van der Waals surface area contributed by atoms with Gasteiger partial charge in [0.05, 0.1) is 11.3 Å². The summed E-state index contributed by atoms with van der Waals surface area (Å²) in [5, 5.41) is 10.8. The van der Waals surface area contributed by atoms with Gasteiger partial charge in [-0.25, -0.2) is 4.39 Å². The summed E-state index contributed by atoms with van der Waals surface area (Å²) >= 11 is 5.70. The van der Waals surface area contributed by atoms with Crippen LogP contribution in [0.1, 0.15) is 10.4 Å². The molecule has 2 aromatic carbocycles. The molecule has 0 saturated carbocycles. The predicted molar refractivity (Wildman–Crippen MR) is 85.8 cm³/mol. The SMILES string of the molecule is Cn1cnnc1-c1ccccc1NC(=O)c1ccc(Cl)cc1F. The van der Waals surface area contributed by atoms with Crippen LogP contribution in [0, 0.1) is 5.82 Å². The van der Waals surface area contributed by atoms with E-state index in [1.807, 2.05) is 6.07 Å². The van der Waals surface area contributed by atoms with E-state index in [0.717, 1.165) is 6.07 Å². The Morgan fingerprint density at radius 2 is 2.04 bits per heavy atom. The van der Waals surface area contributed by atoms with Gasteiger partial charge in [-0.3, -0.25) is 4.79 Å². The molecule has 0 radical (unpaired) electrons. The van der Waals surface area contributed by atoms with Gasteiger partial charge in [0.1, 0.15) is 12.1 Å². The van der Waals surface area contributed by atoms with Crippen molar-refractivity contribution in [2.24, 2.45) is 7.05 Å². The first kappa shape index (κ1) is 15.2. The van der Waals surface area contributed by atoms with Crippen molar-refractivity contribution in [2.75, 3.05) is 5.32 Å². The van der Waals surface area contributed by atoms with E-state index in [9.17, 15) is 9.18 Å². The fourth-order valence-electron chi connectivity index (χ4n) is 2.18. The zero-order valence-electron chi connectivity index (χ0n) is 12.1. The largest absolute Gasteiger partial charge is 0.321 e. The van der Waals surface area contributed by atoms with Gasteiger partial charge in [0.25, 0.3) is 5.91 Å². The molecule has 0 atom stereocenters. The Balaban J connectivity index is 1.95. The summed E-state index contributed by atoms with van der Waals surface area (Å²) in [5.41, 5.74) is 1.13. The number of nitrogens with one attached hydrogen (secondary N) is 1. The van der Waals surface area contributed by atoms with E-state index in [1.54, 1.807) is 36.1 Å². The minimum Gasteiger partial charge on any atom is -0.321 e. The van der Waals surface area contributed by atoms with E-state index in [0.29, 0.717) is 17.1 Å². The highest BCUT2D eigenvalue weighted by Gasteiger charge is 2.16. The minimum absolute atomic E-state index is 0.0813. The second-order valence-electron chi connectivity index (χ2n) is 4.89. The lowest BCUT2D eigenvalue weighted by Gasteiger charge is -2.11. The lowest BCUT2D eigenvalue weighted by molar-refractivity contribution is 0.102. The van der Waals surface area contributed by atoms with Crippen molar-refractivity contribution in [1.29, 1.82) is 0 Å². The minimum atomic E-state index is -0.675. The van der Waals surface area contributed by atoms with Crippen LogP contribution in [0.2, 0.25) is 5.02 Å². The fourth-order valence-corrected chi connectivity index (χ4v) is 2.34. The number of para-hydroxylation sites is 1. The first-order valence-corrected chi connectivity index (χ1v) is 7.14. The van der Waals surface area contributed by atoms with Crippen LogP contribution in [-0.2, 0) is 7.05 Å². The van der Waals surface area contributed by atoms with Crippen molar-refractivity contribution in [2.45, 2.75) is 0 Å². The molecule has 0 aliphatic carbocycles. The average molecular weight is 331 g/mol. The number of nitrogens with zero attached hydrogens (tertiary/aromatic N) is 3. The number of carbonyl (C=O) groups is 1. The number of aryl methyl sites for hydroxylation is 1. The molecule has 0 aliphatic rings. The van der Waals surface area contributed by atoms with Gasteiger partial charge in [0.15, 0.2) is 5.82 Å². The number of benzene rings is 2. The third-order valence-electron chi connectivity index (χ3n) is 3.30. The maximum Gasteiger partial charge on any atom is 0.258 e. The van der Waals surface area contributed by atoms with Crippen LogP contribution in [0.4, 0.5) is 10.1 Å². The van der Waals surface area contributed by atoms with E-state index in [2.05, 4.69) is 15.5 Å². The molecule has 1 amide bonds. The molecule has 3 rings (SSSR count). The summed E-state index contributed by atoms with van der Waals surface area (Å²) in [7, 11) is 1.80. The molecule has 7 heteroatoms. The first-order valence-electron chi connectivity index (χ1n) is 6.76. The van der Waals surface area contributed by atoms with E-state index in [4.69, 9.17) is 11.6 Å². The number of anilines is 1. The highest BCUT2D eigenvalue weighted by Crippen LogP contribution is 2.26. The van der Waals surface area contributed by atoms with Crippen LogP contribution in [-0.4, -0.2) is 20.7 Å². The topological polar surface area (TPSA) is 59.8 Å². The van der Waals surface area contributed by atoms with Crippen molar-refractivity contribution in [1.82, 2.24) is 14.8 Å². The highest BCUT2D eigenvalue weighted by molar-refractivity contribution is 6.30. The fraction of sp³-hybridized carbons (Fsp3) is 0.0625. The van der Waals surface area contributed by atoms with Crippen molar-refractivity contribution < 1.29 is 9.18 Å². The van der Waals surface area contributed by atoms with Gasteiger partial charge in [-0.15, -0.1) is 10.2 Å². The van der Waals surface area contributed by atoms with Crippen LogP contribution >= 0.6 is 11.6 Å². The van der Waals surface area contributed by atoms with Crippen molar-refractivity contribution in [3.05, 3.63) is 65.2 Å². The van der Waals surface area contributed by atoms with Gasteiger partial charge >= 0.3 is 0 Å². The second-order valence-corrected chi connectivity index (χ2v) is 5.33. The van der Waals surface area contributed by atoms with Crippen LogP contribution in [0.15, 0.2) is 48.8 Å². The van der Waals surface area contributed by atoms with E-state index in [1.165, 1.54) is 12.1 Å². The molecule has 1 aromatic heterocycles. The Kier molecular flexibility index (Phi) is 4.08. The zero-order valence-corrected chi connectivity index (χ0v) is 12.9. The molecule has 0 bridgehead atoms. The van der Waals surface area contributed by atoms with Gasteiger partial charge in [-0.2, -0.15) is 0 Å². The summed E-state index contributed by atoms with van der Waals surface area (Å²) in [4.78, 5) is 12.3. The zero-order chi connectivity index (χ0) is 16.4. The number of amides is 1. The molecule has 116 valence electrons. The molecule has 0 fully saturated rings. The molecule has 5 nitrogen and oxygen atoms in total. The molecule has 23 heavy (non-hydrogen) atoms. The van der Waals surface area contributed by atoms with Crippen molar-refractivity contribution in [3.63, 3.8) is 0 Å². The van der Waals surface area contributed by atoms with Crippen LogP contribution < -0.4 is 5.32 Å². The van der Waals surface area contributed by atoms with E-state index in [-0.39, 0.29) is 10.6 Å². The monoisotopic (exact) mass is 330 g/mol. The number of rotatable bonds is 3. The molecule has 1 N–H and O–H groups in total. The standard InChI is InChI=1S/C16H12ClFN4O/c1-22-9-19-21-15(22)12-4-2-3-5-14(12)20-16(23)11-7-6-10(17)8-13(11)18/h2-9H,1H3,(H,20,23). The van der Waals surface area contributed by atoms with Gasteiger partial charge < -0.3 is 9.88 Å². The Hall–Kier alpha value is -2.73. The molecule has 1 heterocycles. The molecular weight excluding hydrogens is 319 g/mol. The number of aromatic nitrogens is 3. The molecular formula is C16H12ClFN4O. The van der Waals surface area contributed by atoms with Gasteiger partial charge in [-0.05, 0) is 30.3 Å². The Morgan fingerprint density at radius 1 is 1.26 bits per heavy atom. The number of hydrogen-bond donors (Lipinski definition) is 1.